The molecule has 1 fully saturated rings. The zero-order chi connectivity index (χ0) is 19.3. The molecule has 1 aliphatic rings. The van der Waals surface area contributed by atoms with Crippen molar-refractivity contribution in [3.05, 3.63) is 73.3 Å². The molecule has 2 aromatic carbocycles. The molecule has 144 valence electrons. The summed E-state index contributed by atoms with van der Waals surface area (Å²) < 4.78 is 7.08. The summed E-state index contributed by atoms with van der Waals surface area (Å²) >= 11 is 2.04. The van der Waals surface area contributed by atoms with Crippen LogP contribution in [0, 0.1) is 5.92 Å². The molecule has 0 N–H and O–H groups in total. The number of hydrogen-bond acceptors (Lipinski definition) is 2. The van der Waals surface area contributed by atoms with E-state index in [1.807, 2.05) is 17.8 Å². The summed E-state index contributed by atoms with van der Waals surface area (Å²) in [5, 5.41) is 3.53. The van der Waals surface area contributed by atoms with Crippen molar-refractivity contribution in [1.82, 2.24) is 0 Å². The van der Waals surface area contributed by atoms with Gasteiger partial charge in [0.1, 0.15) is 0 Å². The number of thioether (sulfide) groups is 1. The lowest BCUT2D eigenvalue weighted by molar-refractivity contribution is 0.179. The minimum atomic E-state index is -2.38. The minimum absolute atomic E-state index is 0.0587. The normalized spacial score (nSPS) is 20.1. The van der Waals surface area contributed by atoms with Crippen molar-refractivity contribution in [2.24, 2.45) is 5.92 Å². The van der Waals surface area contributed by atoms with Crippen LogP contribution in [-0.4, -0.2) is 25.9 Å². The highest BCUT2D eigenvalue weighted by Gasteiger charge is 2.50. The predicted octanol–water partition coefficient (Wildman–Crippen LogP) is 5.26. The van der Waals surface area contributed by atoms with Gasteiger partial charge in [0.25, 0.3) is 8.32 Å². The van der Waals surface area contributed by atoms with Crippen molar-refractivity contribution < 1.29 is 4.43 Å². The van der Waals surface area contributed by atoms with Crippen LogP contribution in [0.3, 0.4) is 0 Å². The average Bonchev–Trinajstić information content (AvgIpc) is 2.65. The summed E-state index contributed by atoms with van der Waals surface area (Å²) in [4.78, 5) is 0. The van der Waals surface area contributed by atoms with Crippen LogP contribution in [0.25, 0.3) is 0 Å². The Morgan fingerprint density at radius 3 is 1.96 bits per heavy atom. The zero-order valence-electron chi connectivity index (χ0n) is 16.9. The van der Waals surface area contributed by atoms with Gasteiger partial charge in [-0.05, 0) is 34.2 Å². The topological polar surface area (TPSA) is 9.23 Å². The average molecular weight is 397 g/mol. The Balaban J connectivity index is 1.94. The lowest BCUT2D eigenvalue weighted by Crippen LogP contribution is -2.67. The number of hydrogen-bond donors (Lipinski definition) is 0. The van der Waals surface area contributed by atoms with Crippen molar-refractivity contribution in [3.8, 4) is 0 Å². The molecule has 0 heterocycles. The van der Waals surface area contributed by atoms with Crippen molar-refractivity contribution in [3.63, 3.8) is 0 Å². The first kappa shape index (κ1) is 20.4. The molecule has 0 radical (unpaired) electrons. The molecule has 0 saturated heterocycles. The zero-order valence-corrected chi connectivity index (χ0v) is 18.7. The van der Waals surface area contributed by atoms with E-state index in [0.717, 1.165) is 17.6 Å². The molecule has 3 heteroatoms. The van der Waals surface area contributed by atoms with Gasteiger partial charge in [-0.15, -0.1) is 6.58 Å². The molecule has 1 aliphatic carbocycles. The molecule has 0 bridgehead atoms. The van der Waals surface area contributed by atoms with Gasteiger partial charge >= 0.3 is 0 Å². The SMILES string of the molecule is C=CCS[C@@H]1CC[C@H]1CO[Si](c1ccccc1)(c1ccccc1)C(C)(C)C. The Labute approximate surface area is 170 Å². The maximum atomic E-state index is 7.08. The molecule has 0 spiro atoms. The predicted molar refractivity (Wildman–Crippen MR) is 123 cm³/mol. The fourth-order valence-corrected chi connectivity index (χ4v) is 9.93. The summed E-state index contributed by atoms with van der Waals surface area (Å²) in [6.45, 7) is 11.8. The molecule has 1 nitrogen and oxygen atoms in total. The quantitative estimate of drug-likeness (QED) is 0.444. The first-order valence-electron chi connectivity index (χ1n) is 9.96. The van der Waals surface area contributed by atoms with E-state index in [2.05, 4.69) is 88.0 Å². The van der Waals surface area contributed by atoms with E-state index in [9.17, 15) is 0 Å². The van der Waals surface area contributed by atoms with Crippen LogP contribution in [0.5, 0.6) is 0 Å². The molecule has 1 saturated carbocycles. The molecule has 0 unspecified atom stereocenters. The van der Waals surface area contributed by atoms with Crippen LogP contribution in [0.4, 0.5) is 0 Å². The summed E-state index contributed by atoms with van der Waals surface area (Å²) in [6, 6.07) is 21.9. The maximum absolute atomic E-state index is 7.08. The van der Waals surface area contributed by atoms with E-state index in [0.29, 0.717) is 5.92 Å². The standard InChI is InChI=1S/C24H32OSSi/c1-5-18-26-23-17-16-20(23)19-25-27(24(2,3)4,21-12-8-6-9-13-21)22-14-10-7-11-15-22/h5-15,20,23H,1,16-19H2,2-4H3/t20-,23+/m0/s1. The highest BCUT2D eigenvalue weighted by molar-refractivity contribution is 8.00. The second kappa shape index (κ2) is 8.81. The van der Waals surface area contributed by atoms with Crippen molar-refractivity contribution >= 4 is 30.5 Å². The highest BCUT2D eigenvalue weighted by Crippen LogP contribution is 2.41. The van der Waals surface area contributed by atoms with Crippen LogP contribution in [0.2, 0.25) is 5.04 Å². The van der Waals surface area contributed by atoms with Gasteiger partial charge in [-0.3, -0.25) is 0 Å². The summed E-state index contributed by atoms with van der Waals surface area (Å²) in [6.07, 6.45) is 4.61. The lowest BCUT2D eigenvalue weighted by Gasteiger charge is -2.45. The Kier molecular flexibility index (Phi) is 6.67. The molecule has 3 rings (SSSR count). The van der Waals surface area contributed by atoms with Gasteiger partial charge in [0, 0.05) is 17.6 Å². The monoisotopic (exact) mass is 396 g/mol. The van der Waals surface area contributed by atoms with Gasteiger partial charge in [0.05, 0.1) is 0 Å². The van der Waals surface area contributed by atoms with Crippen LogP contribution in [-0.2, 0) is 4.43 Å². The molecule has 2 aromatic rings. The smallest absolute Gasteiger partial charge is 0.261 e. The second-order valence-corrected chi connectivity index (χ2v) is 14.1. The lowest BCUT2D eigenvalue weighted by atomic mass is 9.85. The fraction of sp³-hybridized carbons (Fsp3) is 0.417. The van der Waals surface area contributed by atoms with Crippen LogP contribution >= 0.6 is 11.8 Å². The molecule has 0 amide bonds. The molecule has 2 atom stereocenters. The molecule has 0 aromatic heterocycles. The first-order chi connectivity index (χ1) is 13.0. The summed E-state index contributed by atoms with van der Waals surface area (Å²) in [7, 11) is -2.38. The third-order valence-electron chi connectivity index (χ3n) is 5.71. The Morgan fingerprint density at radius 2 is 1.56 bits per heavy atom. The van der Waals surface area contributed by atoms with Crippen molar-refractivity contribution in [2.45, 2.75) is 43.9 Å². The van der Waals surface area contributed by atoms with Gasteiger partial charge in [-0.25, -0.2) is 0 Å². The first-order valence-corrected chi connectivity index (χ1v) is 12.9. The molecule has 0 aliphatic heterocycles. The van der Waals surface area contributed by atoms with Crippen molar-refractivity contribution in [1.29, 1.82) is 0 Å². The fourth-order valence-electron chi connectivity index (χ4n) is 4.13. The minimum Gasteiger partial charge on any atom is -0.407 e. The third kappa shape index (κ3) is 4.26. The summed E-state index contributed by atoms with van der Waals surface area (Å²) in [5.74, 6) is 1.71. The van der Waals surface area contributed by atoms with E-state index >= 15 is 0 Å². The Hall–Kier alpha value is -1.29. The van der Waals surface area contributed by atoms with Crippen molar-refractivity contribution in [2.75, 3.05) is 12.4 Å². The van der Waals surface area contributed by atoms with Gasteiger partial charge in [0.15, 0.2) is 0 Å². The molecular formula is C24H32OSSi. The van der Waals surface area contributed by atoms with Crippen LogP contribution in [0.1, 0.15) is 33.6 Å². The van der Waals surface area contributed by atoms with E-state index in [1.54, 1.807) is 0 Å². The Morgan fingerprint density at radius 1 is 1.00 bits per heavy atom. The van der Waals surface area contributed by atoms with E-state index < -0.39 is 8.32 Å². The largest absolute Gasteiger partial charge is 0.407 e. The number of benzene rings is 2. The van der Waals surface area contributed by atoms with E-state index in [1.165, 1.54) is 23.2 Å². The second-order valence-electron chi connectivity index (χ2n) is 8.47. The summed E-state index contributed by atoms with van der Waals surface area (Å²) in [5.41, 5.74) is 0. The van der Waals surface area contributed by atoms with Gasteiger partial charge in [-0.2, -0.15) is 11.8 Å². The van der Waals surface area contributed by atoms with Crippen LogP contribution < -0.4 is 10.4 Å². The van der Waals surface area contributed by atoms with Crippen LogP contribution in [0.15, 0.2) is 73.3 Å². The Bertz CT molecular complexity index is 684. The van der Waals surface area contributed by atoms with Gasteiger partial charge < -0.3 is 4.43 Å². The van der Waals surface area contributed by atoms with E-state index in [-0.39, 0.29) is 5.04 Å². The molecule has 27 heavy (non-hydrogen) atoms. The van der Waals surface area contributed by atoms with Gasteiger partial charge in [-0.1, -0.05) is 87.5 Å². The third-order valence-corrected chi connectivity index (χ3v) is 12.2. The van der Waals surface area contributed by atoms with E-state index in [4.69, 9.17) is 4.43 Å². The van der Waals surface area contributed by atoms with Gasteiger partial charge in [0.2, 0.25) is 0 Å². The highest BCUT2D eigenvalue weighted by atomic mass is 32.2. The maximum Gasteiger partial charge on any atom is 0.261 e. The number of rotatable bonds is 8. The molecular weight excluding hydrogens is 364 g/mol.